The first-order valence-corrected chi connectivity index (χ1v) is 6.46. The molecular weight excluding hydrogens is 286 g/mol. The molecule has 0 spiro atoms. The van der Waals surface area contributed by atoms with E-state index in [-0.39, 0.29) is 12.4 Å². The lowest BCUT2D eigenvalue weighted by Crippen LogP contribution is -2.25. The van der Waals surface area contributed by atoms with Gasteiger partial charge in [-0.05, 0) is 18.2 Å². The van der Waals surface area contributed by atoms with Gasteiger partial charge < -0.3 is 20.0 Å². The molecule has 0 unspecified atom stereocenters. The molecule has 114 valence electrons. The molecule has 1 aromatic carbocycles. The van der Waals surface area contributed by atoms with Gasteiger partial charge in [-0.1, -0.05) is 11.2 Å². The van der Waals surface area contributed by atoms with Crippen molar-refractivity contribution in [2.24, 2.45) is 10.9 Å². The van der Waals surface area contributed by atoms with Crippen molar-refractivity contribution in [3.63, 3.8) is 0 Å². The number of ether oxygens (including phenoxy) is 2. The van der Waals surface area contributed by atoms with E-state index in [1.165, 1.54) is 0 Å². The third-order valence-corrected chi connectivity index (χ3v) is 2.63. The van der Waals surface area contributed by atoms with Crippen LogP contribution in [0.25, 0.3) is 0 Å². The summed E-state index contributed by atoms with van der Waals surface area (Å²) in [5.41, 5.74) is 6.22. The van der Waals surface area contributed by atoms with Crippen LogP contribution in [0.1, 0.15) is 5.69 Å². The van der Waals surface area contributed by atoms with Crippen molar-refractivity contribution in [1.29, 1.82) is 0 Å². The molecular formula is C15H16N3O4+. The summed E-state index contributed by atoms with van der Waals surface area (Å²) in [6.45, 7) is -0.289. The van der Waals surface area contributed by atoms with Crippen molar-refractivity contribution in [1.82, 2.24) is 0 Å². The minimum absolute atomic E-state index is 0.0651. The van der Waals surface area contributed by atoms with Crippen LogP contribution in [-0.2, 0) is 9.63 Å². The Labute approximate surface area is 127 Å². The predicted molar refractivity (Wildman–Crippen MR) is 78.3 cm³/mol. The Morgan fingerprint density at radius 3 is 2.77 bits per heavy atom. The van der Waals surface area contributed by atoms with Gasteiger partial charge in [0.1, 0.15) is 11.5 Å². The molecule has 0 saturated carbocycles. The standard InChI is InChI=1S/C15H15N3O4/c1-20-11-5-4-6-12(9-11)21-10-14(19)22-18-15(16)13-7-2-3-8-17-13/h2-9H,10H2,1H3,(H2,16,18)/p+1. The van der Waals surface area contributed by atoms with Crippen LogP contribution in [0.4, 0.5) is 0 Å². The van der Waals surface area contributed by atoms with E-state index < -0.39 is 5.97 Å². The summed E-state index contributed by atoms with van der Waals surface area (Å²) in [6, 6.07) is 12.2. The van der Waals surface area contributed by atoms with Crippen LogP contribution in [0.2, 0.25) is 0 Å². The number of rotatable bonds is 6. The average molecular weight is 302 g/mol. The molecule has 0 radical (unpaired) electrons. The van der Waals surface area contributed by atoms with Gasteiger partial charge in [0.2, 0.25) is 11.5 Å². The van der Waals surface area contributed by atoms with Crippen molar-refractivity contribution in [3.8, 4) is 11.5 Å². The number of nitrogens with zero attached hydrogens (tertiary/aromatic N) is 1. The number of benzene rings is 1. The van der Waals surface area contributed by atoms with E-state index >= 15 is 0 Å². The number of oxime groups is 1. The fourth-order valence-electron chi connectivity index (χ4n) is 1.56. The van der Waals surface area contributed by atoms with Crippen molar-refractivity contribution in [2.75, 3.05) is 13.7 Å². The average Bonchev–Trinajstić information content (AvgIpc) is 2.58. The topological polar surface area (TPSA) is 97.3 Å². The molecule has 7 heteroatoms. The Morgan fingerprint density at radius 2 is 2.05 bits per heavy atom. The minimum Gasteiger partial charge on any atom is -0.497 e. The first-order valence-electron chi connectivity index (χ1n) is 6.46. The maximum Gasteiger partial charge on any atom is 0.372 e. The smallest absolute Gasteiger partial charge is 0.372 e. The summed E-state index contributed by atoms with van der Waals surface area (Å²) in [7, 11) is 1.55. The third-order valence-electron chi connectivity index (χ3n) is 2.63. The SMILES string of the molecule is COc1cccc(OCC(=O)ON=C(N)c2cccc[nH+]2)c1. The molecule has 7 nitrogen and oxygen atoms in total. The number of carbonyl (C=O) groups is 1. The van der Waals surface area contributed by atoms with Crippen LogP contribution >= 0.6 is 0 Å². The Kier molecular flexibility index (Phi) is 5.31. The van der Waals surface area contributed by atoms with Gasteiger partial charge in [0.25, 0.3) is 0 Å². The number of nitrogens with one attached hydrogen (secondary N) is 1. The lowest BCUT2D eigenvalue weighted by Gasteiger charge is -2.05. The quantitative estimate of drug-likeness (QED) is 0.367. The zero-order chi connectivity index (χ0) is 15.8. The van der Waals surface area contributed by atoms with Crippen LogP contribution in [-0.4, -0.2) is 25.5 Å². The molecule has 2 rings (SSSR count). The zero-order valence-electron chi connectivity index (χ0n) is 12.0. The zero-order valence-corrected chi connectivity index (χ0v) is 12.0. The first kappa shape index (κ1) is 15.3. The van der Waals surface area contributed by atoms with Crippen LogP contribution in [0.15, 0.2) is 53.8 Å². The largest absolute Gasteiger partial charge is 0.497 e. The molecule has 0 aliphatic rings. The summed E-state index contributed by atoms with van der Waals surface area (Å²) < 4.78 is 10.3. The van der Waals surface area contributed by atoms with E-state index in [0.29, 0.717) is 17.2 Å². The second kappa shape index (κ2) is 7.63. The molecule has 0 amide bonds. The van der Waals surface area contributed by atoms with E-state index in [0.717, 1.165) is 0 Å². The number of nitrogens with two attached hydrogens (primary N) is 1. The van der Waals surface area contributed by atoms with Gasteiger partial charge in [-0.15, -0.1) is 0 Å². The van der Waals surface area contributed by atoms with Gasteiger partial charge in [-0.3, -0.25) is 0 Å². The van der Waals surface area contributed by atoms with E-state index in [4.69, 9.17) is 15.2 Å². The fourth-order valence-corrected chi connectivity index (χ4v) is 1.56. The lowest BCUT2D eigenvalue weighted by molar-refractivity contribution is -0.380. The van der Waals surface area contributed by atoms with Gasteiger partial charge in [-0.25, -0.2) is 9.78 Å². The molecule has 0 aliphatic heterocycles. The number of amidine groups is 1. The summed E-state index contributed by atoms with van der Waals surface area (Å²) >= 11 is 0. The molecule has 0 bridgehead atoms. The first-order chi connectivity index (χ1) is 10.7. The van der Waals surface area contributed by atoms with Crippen LogP contribution < -0.4 is 20.2 Å². The number of hydrogen-bond donors (Lipinski definition) is 1. The summed E-state index contributed by atoms with van der Waals surface area (Å²) in [4.78, 5) is 19.1. The number of hydrogen-bond acceptors (Lipinski definition) is 5. The number of H-pyrrole nitrogens is 1. The van der Waals surface area contributed by atoms with Crippen LogP contribution in [0.3, 0.4) is 0 Å². The molecule has 0 atom stereocenters. The second-order valence-corrected chi connectivity index (χ2v) is 4.18. The predicted octanol–water partition coefficient (Wildman–Crippen LogP) is 0.752. The van der Waals surface area contributed by atoms with Crippen LogP contribution in [0.5, 0.6) is 11.5 Å². The van der Waals surface area contributed by atoms with E-state index in [1.807, 2.05) is 0 Å². The highest BCUT2D eigenvalue weighted by Gasteiger charge is 2.09. The number of aromatic amines is 1. The summed E-state index contributed by atoms with van der Waals surface area (Å²) in [5.74, 6) is 0.523. The number of aromatic nitrogens is 1. The Bertz CT molecular complexity index is 659. The third kappa shape index (κ3) is 4.48. The highest BCUT2D eigenvalue weighted by molar-refractivity contribution is 5.94. The van der Waals surface area contributed by atoms with Crippen LogP contribution in [0, 0.1) is 0 Å². The summed E-state index contributed by atoms with van der Waals surface area (Å²) in [6.07, 6.45) is 1.69. The molecule has 1 aromatic heterocycles. The van der Waals surface area contributed by atoms with Gasteiger partial charge >= 0.3 is 5.97 Å². The molecule has 0 saturated heterocycles. The van der Waals surface area contributed by atoms with Gasteiger partial charge in [-0.2, -0.15) is 0 Å². The van der Waals surface area contributed by atoms with Crippen molar-refractivity contribution in [3.05, 3.63) is 54.4 Å². The maximum atomic E-state index is 11.6. The van der Waals surface area contributed by atoms with E-state index in [9.17, 15) is 4.79 Å². The van der Waals surface area contributed by atoms with Gasteiger partial charge in [0.15, 0.2) is 12.8 Å². The second-order valence-electron chi connectivity index (χ2n) is 4.18. The Balaban J connectivity index is 1.85. The van der Waals surface area contributed by atoms with Crippen molar-refractivity contribution < 1.29 is 24.1 Å². The lowest BCUT2D eigenvalue weighted by atomic mass is 10.3. The highest BCUT2D eigenvalue weighted by atomic mass is 16.7. The fraction of sp³-hybridized carbons (Fsp3) is 0.133. The Hall–Kier alpha value is -3.09. The van der Waals surface area contributed by atoms with Gasteiger partial charge in [0, 0.05) is 18.2 Å². The minimum atomic E-state index is -0.665. The molecule has 0 aliphatic carbocycles. The molecule has 3 N–H and O–H groups in total. The number of methoxy groups -OCH3 is 1. The molecule has 2 aromatic rings. The maximum absolute atomic E-state index is 11.6. The monoisotopic (exact) mass is 302 g/mol. The number of pyridine rings is 1. The van der Waals surface area contributed by atoms with E-state index in [2.05, 4.69) is 15.0 Å². The Morgan fingerprint density at radius 1 is 1.23 bits per heavy atom. The van der Waals surface area contributed by atoms with Gasteiger partial charge in [0.05, 0.1) is 7.11 Å². The van der Waals surface area contributed by atoms with Crippen molar-refractivity contribution >= 4 is 11.8 Å². The molecule has 22 heavy (non-hydrogen) atoms. The number of carbonyl (C=O) groups excluding carboxylic acids is 1. The summed E-state index contributed by atoms with van der Waals surface area (Å²) in [5, 5.41) is 3.55. The normalized spacial score (nSPS) is 10.9. The highest BCUT2D eigenvalue weighted by Crippen LogP contribution is 2.18. The van der Waals surface area contributed by atoms with Crippen molar-refractivity contribution in [2.45, 2.75) is 0 Å². The molecule has 0 fully saturated rings. The molecule has 1 heterocycles. The van der Waals surface area contributed by atoms with E-state index in [1.54, 1.807) is 55.8 Å².